The van der Waals surface area contributed by atoms with Crippen molar-refractivity contribution in [1.82, 2.24) is 14.7 Å². The number of anilines is 2. The van der Waals surface area contributed by atoms with Crippen LogP contribution in [-0.4, -0.2) is 124 Å². The number of amides is 4. The number of methoxy groups -OCH3 is 2. The molecular weight excluding hydrogens is 889 g/mol. The number of ether oxygens (including phenoxy) is 4. The third kappa shape index (κ3) is 9.73. The van der Waals surface area contributed by atoms with Crippen molar-refractivity contribution in [3.8, 4) is 23.0 Å². The molecule has 0 saturated carbocycles. The summed E-state index contributed by atoms with van der Waals surface area (Å²) < 4.78 is 23.8. The zero-order valence-corrected chi connectivity index (χ0v) is 40.5. The van der Waals surface area contributed by atoms with Gasteiger partial charge in [0.05, 0.1) is 67.9 Å². The maximum Gasteiger partial charge on any atom is 0.260 e. The number of primary amides is 1. The van der Waals surface area contributed by atoms with Crippen LogP contribution in [0.15, 0.2) is 95.2 Å². The first-order chi connectivity index (χ1) is 33.8. The van der Waals surface area contributed by atoms with Gasteiger partial charge in [0.1, 0.15) is 0 Å². The Hall–Kier alpha value is -7.46. The number of likely N-dealkylation sites (N-methyl/N-ethyl adjacent to an activating group) is 1. The average Bonchev–Trinajstić information content (AvgIpc) is 3.94. The SMILES string of the molecule is COc1cc2c(cc1OCCCOc1cc3c(cc1OC)C(=O)N1C=C(c4ccc(N5CCN(C)CC5)cc4)C[C@H]1C=N3)N=C[C@@H]1CC(c3ccc(NC(=O)[C@H](C)C(C(N)=O)C(C)C)cc3)=CN1C2=O. The molecular formula is C54H60N8O8. The highest BCUT2D eigenvalue weighted by Crippen LogP contribution is 2.42. The highest BCUT2D eigenvalue weighted by atomic mass is 16.5. The molecule has 0 spiro atoms. The highest BCUT2D eigenvalue weighted by molar-refractivity contribution is 6.06. The molecule has 0 aliphatic carbocycles. The van der Waals surface area contributed by atoms with Gasteiger partial charge in [-0.05, 0) is 71.6 Å². The predicted molar refractivity (Wildman–Crippen MR) is 271 cm³/mol. The number of piperazine rings is 1. The molecule has 1 unspecified atom stereocenters. The van der Waals surface area contributed by atoms with Crippen LogP contribution < -0.4 is 34.9 Å². The van der Waals surface area contributed by atoms with E-state index in [9.17, 15) is 19.2 Å². The van der Waals surface area contributed by atoms with Crippen molar-refractivity contribution >= 4 is 70.0 Å². The van der Waals surface area contributed by atoms with Gasteiger partial charge in [-0.25, -0.2) is 0 Å². The van der Waals surface area contributed by atoms with Crippen LogP contribution in [0.4, 0.5) is 22.7 Å². The van der Waals surface area contributed by atoms with Crippen molar-refractivity contribution in [3.05, 3.63) is 107 Å². The second kappa shape index (κ2) is 20.2. The van der Waals surface area contributed by atoms with E-state index in [1.165, 1.54) is 12.8 Å². The first kappa shape index (κ1) is 47.6. The summed E-state index contributed by atoms with van der Waals surface area (Å²) in [5.74, 6) is -0.667. The summed E-state index contributed by atoms with van der Waals surface area (Å²) in [5.41, 5.74) is 13.2. The number of benzene rings is 4. The van der Waals surface area contributed by atoms with E-state index in [-0.39, 0.29) is 48.9 Å². The van der Waals surface area contributed by atoms with Crippen molar-refractivity contribution in [2.75, 3.05) is 70.9 Å². The summed E-state index contributed by atoms with van der Waals surface area (Å²) in [6.07, 6.45) is 9.10. The Balaban J connectivity index is 0.795. The molecule has 1 fully saturated rings. The van der Waals surface area contributed by atoms with Gasteiger partial charge in [0.2, 0.25) is 11.8 Å². The summed E-state index contributed by atoms with van der Waals surface area (Å²) in [5, 5.41) is 2.90. The smallest absolute Gasteiger partial charge is 0.260 e. The van der Waals surface area contributed by atoms with Gasteiger partial charge in [0, 0.05) is 99.7 Å². The number of rotatable bonds is 16. The molecule has 0 bridgehead atoms. The van der Waals surface area contributed by atoms with Crippen molar-refractivity contribution < 1.29 is 38.1 Å². The Morgan fingerprint density at radius 1 is 0.700 bits per heavy atom. The maximum absolute atomic E-state index is 14.0. The van der Waals surface area contributed by atoms with E-state index in [4.69, 9.17) is 34.7 Å². The van der Waals surface area contributed by atoms with Gasteiger partial charge in [-0.3, -0.25) is 29.2 Å². The van der Waals surface area contributed by atoms with Gasteiger partial charge in [-0.2, -0.15) is 0 Å². The molecule has 5 heterocycles. The molecule has 5 aliphatic rings. The molecule has 0 radical (unpaired) electrons. The number of nitrogens with two attached hydrogens (primary N) is 1. The fourth-order valence-electron chi connectivity index (χ4n) is 9.86. The van der Waals surface area contributed by atoms with Crippen molar-refractivity contribution in [3.63, 3.8) is 0 Å². The number of aliphatic imine (C=N–C) groups is 2. The Morgan fingerprint density at radius 2 is 1.19 bits per heavy atom. The van der Waals surface area contributed by atoms with Crippen LogP contribution in [0.25, 0.3) is 11.1 Å². The number of hydrogen-bond acceptors (Lipinski definition) is 12. The van der Waals surface area contributed by atoms with E-state index in [0.717, 1.165) is 48.5 Å². The topological polar surface area (TPSA) is 181 Å². The fourth-order valence-corrected chi connectivity index (χ4v) is 9.86. The van der Waals surface area contributed by atoms with Crippen LogP contribution in [0.1, 0.15) is 71.9 Å². The summed E-state index contributed by atoms with van der Waals surface area (Å²) in [7, 11) is 5.23. The minimum Gasteiger partial charge on any atom is -0.493 e. The Labute approximate surface area is 408 Å². The first-order valence-corrected chi connectivity index (χ1v) is 23.9. The van der Waals surface area contributed by atoms with Gasteiger partial charge in [-0.15, -0.1) is 0 Å². The van der Waals surface area contributed by atoms with E-state index >= 15 is 0 Å². The number of carbonyl (C=O) groups is 4. The van der Waals surface area contributed by atoms with Crippen LogP contribution in [0, 0.1) is 17.8 Å². The lowest BCUT2D eigenvalue weighted by Crippen LogP contribution is -2.44. The summed E-state index contributed by atoms with van der Waals surface area (Å²) in [4.78, 5) is 70.7. The molecule has 3 N–H and O–H groups in total. The van der Waals surface area contributed by atoms with Crippen LogP contribution in [0.2, 0.25) is 0 Å². The zero-order chi connectivity index (χ0) is 49.2. The normalized spacial score (nSPS) is 19.3. The fraction of sp³-hybridized carbons (Fsp3) is 0.370. The van der Waals surface area contributed by atoms with Crippen LogP contribution in [0.5, 0.6) is 23.0 Å². The zero-order valence-electron chi connectivity index (χ0n) is 40.5. The largest absolute Gasteiger partial charge is 0.493 e. The Morgan fingerprint density at radius 3 is 1.64 bits per heavy atom. The van der Waals surface area contributed by atoms with Gasteiger partial charge >= 0.3 is 0 Å². The Kier molecular flexibility index (Phi) is 13.8. The molecule has 4 aromatic rings. The van der Waals surface area contributed by atoms with Gasteiger partial charge in [0.25, 0.3) is 11.8 Å². The third-order valence-corrected chi connectivity index (χ3v) is 13.9. The van der Waals surface area contributed by atoms with Crippen molar-refractivity contribution in [2.24, 2.45) is 33.5 Å². The van der Waals surface area contributed by atoms with Crippen LogP contribution in [-0.2, 0) is 9.59 Å². The van der Waals surface area contributed by atoms with E-state index in [1.54, 1.807) is 66.4 Å². The van der Waals surface area contributed by atoms with E-state index in [2.05, 4.69) is 46.4 Å². The van der Waals surface area contributed by atoms with Gasteiger partial charge in [-0.1, -0.05) is 45.0 Å². The molecule has 1 saturated heterocycles. The molecule has 0 aromatic heterocycles. The molecule has 70 heavy (non-hydrogen) atoms. The number of nitrogens with zero attached hydrogens (tertiary/aromatic N) is 6. The molecule has 4 amide bonds. The number of hydrogen-bond donors (Lipinski definition) is 2. The lowest BCUT2D eigenvalue weighted by molar-refractivity contribution is -0.131. The summed E-state index contributed by atoms with van der Waals surface area (Å²) in [6.45, 7) is 10.1. The molecule has 4 atom stereocenters. The highest BCUT2D eigenvalue weighted by Gasteiger charge is 2.36. The van der Waals surface area contributed by atoms with Crippen molar-refractivity contribution in [2.45, 2.75) is 52.1 Å². The second-order valence-corrected chi connectivity index (χ2v) is 18.8. The summed E-state index contributed by atoms with van der Waals surface area (Å²) >= 11 is 0. The van der Waals surface area contributed by atoms with E-state index < -0.39 is 17.7 Å². The molecule has 16 heteroatoms. The summed E-state index contributed by atoms with van der Waals surface area (Å²) in [6, 6.07) is 22.3. The monoisotopic (exact) mass is 948 g/mol. The lowest BCUT2D eigenvalue weighted by atomic mass is 9.83. The standard InChI is InChI=1S/C54H60N8O8/c1-32(2)50(51(55)63)33(3)52(64)58-38-12-8-34(9-13-38)36-22-40-28-56-44-26-48(46(67-5)24-42(44)53(65)61(40)30-36)69-20-7-21-70-49-27-45-43(25-47(49)68-6)54(66)62-31-37(23-41(62)29-57-45)35-10-14-39(15-11-35)60-18-16-59(4)17-19-60/h8-15,24-33,40-41,50H,7,16-23H2,1-6H3,(H2,55,63)(H,58,64)/t33-,40+,41+,50?/m1/s1. The quantitative estimate of drug-likeness (QED) is 0.106. The second-order valence-electron chi connectivity index (χ2n) is 18.8. The van der Waals surface area contributed by atoms with E-state index in [1.807, 2.05) is 44.6 Å². The maximum atomic E-state index is 14.0. The van der Waals surface area contributed by atoms with E-state index in [0.29, 0.717) is 70.4 Å². The molecule has 4 aromatic carbocycles. The average molecular weight is 949 g/mol. The number of nitrogens with one attached hydrogen (secondary N) is 1. The lowest BCUT2D eigenvalue weighted by Gasteiger charge is -2.34. The molecule has 364 valence electrons. The van der Waals surface area contributed by atoms with Crippen LogP contribution in [0.3, 0.4) is 0 Å². The van der Waals surface area contributed by atoms with Gasteiger partial charge < -0.3 is 49.6 Å². The molecule has 9 rings (SSSR count). The predicted octanol–water partition coefficient (Wildman–Crippen LogP) is 7.58. The Bertz CT molecular complexity index is 2790. The number of carbonyl (C=O) groups excluding carboxylic acids is 4. The minimum atomic E-state index is -0.591. The molecule has 5 aliphatic heterocycles. The number of fused-ring (bicyclic) bond motifs is 4. The first-order valence-electron chi connectivity index (χ1n) is 23.9. The van der Waals surface area contributed by atoms with Gasteiger partial charge in [0.15, 0.2) is 23.0 Å². The van der Waals surface area contributed by atoms with Crippen LogP contribution >= 0.6 is 0 Å². The van der Waals surface area contributed by atoms with Crippen molar-refractivity contribution in [1.29, 1.82) is 0 Å². The third-order valence-electron chi connectivity index (χ3n) is 13.9. The minimum absolute atomic E-state index is 0.0738. The molecule has 16 nitrogen and oxygen atoms in total.